The quantitative estimate of drug-likeness (QED) is 0.538. The molecule has 0 saturated carbocycles. The van der Waals surface area contributed by atoms with Crippen molar-refractivity contribution in [2.45, 2.75) is 6.17 Å². The summed E-state index contributed by atoms with van der Waals surface area (Å²) in [5.74, 6) is -3.77. The van der Waals surface area contributed by atoms with Crippen LogP contribution in [0, 0.1) is 11.6 Å². The molecular formula is C18H11BrF2N2O3S2. The molecule has 1 aliphatic rings. The van der Waals surface area contributed by atoms with Gasteiger partial charge in [0.2, 0.25) is 0 Å². The molecule has 0 radical (unpaired) electrons. The highest BCUT2D eigenvalue weighted by atomic mass is 79.9. The van der Waals surface area contributed by atoms with E-state index in [0.717, 1.165) is 11.0 Å². The number of carbonyl (C=O) groups is 2. The van der Waals surface area contributed by atoms with E-state index in [1.165, 1.54) is 28.7 Å². The fraction of sp³-hybridized carbons (Fsp3) is 0.111. The molecule has 10 heteroatoms. The van der Waals surface area contributed by atoms with Gasteiger partial charge in [0, 0.05) is 20.3 Å². The highest BCUT2D eigenvalue weighted by Crippen LogP contribution is 2.37. The average molecular weight is 485 g/mol. The van der Waals surface area contributed by atoms with E-state index in [9.17, 15) is 19.2 Å². The van der Waals surface area contributed by atoms with Gasteiger partial charge < -0.3 is 4.90 Å². The molecule has 0 spiro atoms. The number of nitrogens with zero attached hydrogens (tertiary/aromatic N) is 2. The maximum atomic E-state index is 15.1. The number of amides is 2. The van der Waals surface area contributed by atoms with Crippen molar-refractivity contribution in [2.75, 3.05) is 6.54 Å². The number of rotatable bonds is 3. The van der Waals surface area contributed by atoms with Gasteiger partial charge in [0.1, 0.15) is 23.7 Å². The standard InChI is InChI=1S/C18H11BrF2N2O3S2/c19-9-6-13(28-8-9)17-22(7-14(24)23(17)26)18(25)15-11(20)4-3-10(16(15)21)12-2-1-5-27-12/h1-6,8,17,26H,7H2. The van der Waals surface area contributed by atoms with E-state index in [4.69, 9.17) is 0 Å². The van der Waals surface area contributed by atoms with Crippen LogP contribution in [0.15, 0.2) is 45.6 Å². The number of hydrogen-bond donors (Lipinski definition) is 1. The smallest absolute Gasteiger partial charge is 0.268 e. The topological polar surface area (TPSA) is 60.9 Å². The molecule has 2 aromatic heterocycles. The number of carbonyl (C=O) groups excluding carboxylic acids is 2. The second-order valence-corrected chi connectivity index (χ2v) is 8.78. The summed E-state index contributed by atoms with van der Waals surface area (Å²) in [4.78, 5) is 27.0. The lowest BCUT2D eigenvalue weighted by molar-refractivity contribution is -0.168. The van der Waals surface area contributed by atoms with E-state index < -0.39 is 41.7 Å². The maximum Gasteiger partial charge on any atom is 0.268 e. The molecule has 0 aliphatic carbocycles. The summed E-state index contributed by atoms with van der Waals surface area (Å²) in [6, 6.07) is 7.31. The molecule has 5 nitrogen and oxygen atoms in total. The van der Waals surface area contributed by atoms with Gasteiger partial charge in [0.25, 0.3) is 11.8 Å². The van der Waals surface area contributed by atoms with Gasteiger partial charge in [0.05, 0.1) is 4.88 Å². The third kappa shape index (κ3) is 3.16. The highest BCUT2D eigenvalue weighted by molar-refractivity contribution is 9.10. The van der Waals surface area contributed by atoms with Crippen molar-refractivity contribution in [3.05, 3.63) is 67.6 Å². The van der Waals surface area contributed by atoms with Crippen molar-refractivity contribution in [1.82, 2.24) is 9.96 Å². The highest BCUT2D eigenvalue weighted by Gasteiger charge is 2.43. The Labute approximate surface area is 174 Å². The molecule has 1 saturated heterocycles. The van der Waals surface area contributed by atoms with E-state index >= 15 is 4.39 Å². The molecule has 1 unspecified atom stereocenters. The van der Waals surface area contributed by atoms with Gasteiger partial charge in [-0.3, -0.25) is 14.8 Å². The Kier molecular flexibility index (Phi) is 5.04. The molecule has 0 bridgehead atoms. The fourth-order valence-corrected chi connectivity index (χ4v) is 5.29. The zero-order valence-corrected chi connectivity index (χ0v) is 17.2. The summed E-state index contributed by atoms with van der Waals surface area (Å²) < 4.78 is 30.2. The molecule has 1 aliphatic heterocycles. The van der Waals surface area contributed by atoms with E-state index in [0.29, 0.717) is 19.3 Å². The van der Waals surface area contributed by atoms with Crippen molar-refractivity contribution in [3.63, 3.8) is 0 Å². The summed E-state index contributed by atoms with van der Waals surface area (Å²) in [7, 11) is 0. The Morgan fingerprint density at radius 1 is 1.25 bits per heavy atom. The van der Waals surface area contributed by atoms with Crippen molar-refractivity contribution in [2.24, 2.45) is 0 Å². The molecule has 3 heterocycles. The molecule has 144 valence electrons. The second kappa shape index (κ2) is 7.36. The van der Waals surface area contributed by atoms with Gasteiger partial charge in [-0.05, 0) is 45.6 Å². The largest absolute Gasteiger partial charge is 0.302 e. The maximum absolute atomic E-state index is 15.1. The number of halogens is 3. The predicted molar refractivity (Wildman–Crippen MR) is 104 cm³/mol. The first-order valence-corrected chi connectivity index (χ1v) is 10.5. The van der Waals surface area contributed by atoms with Gasteiger partial charge in [-0.25, -0.2) is 8.78 Å². The third-order valence-electron chi connectivity index (χ3n) is 4.28. The van der Waals surface area contributed by atoms with Crippen LogP contribution in [0.5, 0.6) is 0 Å². The van der Waals surface area contributed by atoms with Gasteiger partial charge in [-0.15, -0.1) is 22.7 Å². The first-order valence-electron chi connectivity index (χ1n) is 7.96. The van der Waals surface area contributed by atoms with Gasteiger partial charge in [-0.2, -0.15) is 5.06 Å². The van der Waals surface area contributed by atoms with E-state index in [1.807, 2.05) is 0 Å². The second-order valence-electron chi connectivity index (χ2n) is 5.97. The van der Waals surface area contributed by atoms with Crippen molar-refractivity contribution < 1.29 is 23.6 Å². The van der Waals surface area contributed by atoms with Crippen LogP contribution in [-0.2, 0) is 4.79 Å². The molecular weight excluding hydrogens is 474 g/mol. The lowest BCUT2D eigenvalue weighted by Crippen LogP contribution is -2.35. The van der Waals surface area contributed by atoms with Crippen LogP contribution in [-0.4, -0.2) is 33.5 Å². The minimum atomic E-state index is -1.15. The van der Waals surface area contributed by atoms with Crippen LogP contribution >= 0.6 is 38.6 Å². The molecule has 4 rings (SSSR count). The molecule has 1 fully saturated rings. The molecule has 28 heavy (non-hydrogen) atoms. The molecule has 2 amide bonds. The van der Waals surface area contributed by atoms with Crippen molar-refractivity contribution in [3.8, 4) is 10.4 Å². The van der Waals surface area contributed by atoms with Crippen LogP contribution < -0.4 is 0 Å². The molecule has 1 N–H and O–H groups in total. The van der Waals surface area contributed by atoms with Crippen molar-refractivity contribution in [1.29, 1.82) is 0 Å². The van der Waals surface area contributed by atoms with Gasteiger partial charge >= 0.3 is 0 Å². The molecule has 1 atom stereocenters. The first kappa shape index (κ1) is 19.2. The van der Waals surface area contributed by atoms with Crippen molar-refractivity contribution >= 4 is 50.4 Å². The number of hydrogen-bond acceptors (Lipinski definition) is 5. The minimum absolute atomic E-state index is 0.0987. The van der Waals surface area contributed by atoms with Gasteiger partial charge in [0.15, 0.2) is 6.17 Å². The zero-order valence-electron chi connectivity index (χ0n) is 13.9. The Bertz CT molecular complexity index is 1070. The third-order valence-corrected chi connectivity index (χ3v) is 6.92. The Hall–Kier alpha value is -2.14. The minimum Gasteiger partial charge on any atom is -0.302 e. The van der Waals surface area contributed by atoms with Crippen LogP contribution in [0.1, 0.15) is 21.4 Å². The van der Waals surface area contributed by atoms with E-state index in [-0.39, 0.29) is 5.56 Å². The van der Waals surface area contributed by atoms with E-state index in [1.54, 1.807) is 29.0 Å². The fourth-order valence-electron chi connectivity index (χ4n) is 3.01. The molecule has 3 aromatic rings. The summed E-state index contributed by atoms with van der Waals surface area (Å²) in [5.41, 5.74) is -0.656. The van der Waals surface area contributed by atoms with Crippen LogP contribution in [0.4, 0.5) is 8.78 Å². The van der Waals surface area contributed by atoms with Crippen LogP contribution in [0.25, 0.3) is 10.4 Å². The Morgan fingerprint density at radius 3 is 2.68 bits per heavy atom. The zero-order chi connectivity index (χ0) is 20.0. The van der Waals surface area contributed by atoms with Gasteiger partial charge in [-0.1, -0.05) is 6.07 Å². The SMILES string of the molecule is O=C1CN(C(=O)c2c(F)ccc(-c3cccs3)c2F)C(c2cc(Br)cs2)N1O. The Morgan fingerprint density at radius 2 is 2.04 bits per heavy atom. The number of hydroxylamine groups is 2. The van der Waals surface area contributed by atoms with Crippen LogP contribution in [0.3, 0.4) is 0 Å². The monoisotopic (exact) mass is 484 g/mol. The predicted octanol–water partition coefficient (Wildman–Crippen LogP) is 4.89. The average Bonchev–Trinajstić information content (AvgIpc) is 3.37. The lowest BCUT2D eigenvalue weighted by Gasteiger charge is -2.25. The lowest BCUT2D eigenvalue weighted by atomic mass is 10.1. The first-order chi connectivity index (χ1) is 13.4. The van der Waals surface area contributed by atoms with Crippen LogP contribution in [0.2, 0.25) is 0 Å². The molecule has 1 aromatic carbocycles. The summed E-state index contributed by atoms with van der Waals surface area (Å²) in [5, 5.41) is 14.0. The van der Waals surface area contributed by atoms with E-state index in [2.05, 4.69) is 15.9 Å². The summed E-state index contributed by atoms with van der Waals surface area (Å²) in [6.45, 7) is -0.488. The normalized spacial score (nSPS) is 16.9. The number of thiophene rings is 2. The number of benzene rings is 1. The summed E-state index contributed by atoms with van der Waals surface area (Å²) >= 11 is 5.73. The summed E-state index contributed by atoms with van der Waals surface area (Å²) in [6.07, 6.45) is -1.15. The Balaban J connectivity index is 1.78.